The van der Waals surface area contributed by atoms with Crippen molar-refractivity contribution in [3.05, 3.63) is 28.8 Å². The molecule has 3 N–H and O–H groups in total. The van der Waals surface area contributed by atoms with Crippen molar-refractivity contribution in [2.45, 2.75) is 39.3 Å². The van der Waals surface area contributed by atoms with Gasteiger partial charge in [0.25, 0.3) is 5.91 Å². The van der Waals surface area contributed by atoms with E-state index < -0.39 is 12.0 Å². The number of nitrogens with two attached hydrogens (primary N) is 1. The van der Waals surface area contributed by atoms with Crippen LogP contribution in [0.1, 0.15) is 38.8 Å². The number of hydrogen-bond donors (Lipinski definition) is 2. The first-order valence-corrected chi connectivity index (χ1v) is 6.82. The second-order valence-electron chi connectivity index (χ2n) is 4.52. The third-order valence-corrected chi connectivity index (χ3v) is 3.08. The summed E-state index contributed by atoms with van der Waals surface area (Å²) in [6, 6.07) is 5.44. The maximum absolute atomic E-state index is 11.1. The summed E-state index contributed by atoms with van der Waals surface area (Å²) in [6.45, 7) is 6.66. The monoisotopic (exact) mass is 284 g/mol. The topological polar surface area (TPSA) is 64.3 Å². The van der Waals surface area contributed by atoms with E-state index >= 15 is 0 Å². The SMILES string of the molecule is CCCNC(C)c1cc(Cl)ccc1OC(C)C(N)=O. The lowest BCUT2D eigenvalue weighted by molar-refractivity contribution is -0.124. The summed E-state index contributed by atoms with van der Waals surface area (Å²) in [7, 11) is 0. The van der Waals surface area contributed by atoms with Crippen molar-refractivity contribution >= 4 is 17.5 Å². The zero-order chi connectivity index (χ0) is 14.4. The van der Waals surface area contributed by atoms with E-state index in [0.717, 1.165) is 18.5 Å². The summed E-state index contributed by atoms with van der Waals surface area (Å²) < 4.78 is 5.59. The van der Waals surface area contributed by atoms with Gasteiger partial charge in [0.2, 0.25) is 0 Å². The van der Waals surface area contributed by atoms with Crippen molar-refractivity contribution in [1.82, 2.24) is 5.32 Å². The highest BCUT2D eigenvalue weighted by Crippen LogP contribution is 2.29. The number of carbonyl (C=O) groups excluding carboxylic acids is 1. The first-order chi connectivity index (χ1) is 8.95. The fraction of sp³-hybridized carbons (Fsp3) is 0.500. The number of benzene rings is 1. The average molecular weight is 285 g/mol. The predicted molar refractivity (Wildman–Crippen MR) is 77.4 cm³/mol. The number of halogens is 1. The summed E-state index contributed by atoms with van der Waals surface area (Å²) in [5, 5.41) is 4.00. The van der Waals surface area contributed by atoms with Crippen LogP contribution < -0.4 is 15.8 Å². The van der Waals surface area contributed by atoms with Crippen LogP contribution >= 0.6 is 11.6 Å². The lowest BCUT2D eigenvalue weighted by Crippen LogP contribution is -2.31. The number of hydrogen-bond acceptors (Lipinski definition) is 3. The first-order valence-electron chi connectivity index (χ1n) is 6.44. The molecule has 1 rings (SSSR count). The Morgan fingerprint density at radius 1 is 1.47 bits per heavy atom. The van der Waals surface area contributed by atoms with E-state index in [-0.39, 0.29) is 6.04 Å². The van der Waals surface area contributed by atoms with Gasteiger partial charge in [0.15, 0.2) is 6.10 Å². The molecule has 1 aromatic rings. The molecule has 0 aromatic heterocycles. The van der Waals surface area contributed by atoms with Crippen LogP contribution in [0.2, 0.25) is 5.02 Å². The molecule has 0 aliphatic carbocycles. The van der Waals surface area contributed by atoms with E-state index in [2.05, 4.69) is 12.2 Å². The van der Waals surface area contributed by atoms with E-state index in [0.29, 0.717) is 10.8 Å². The van der Waals surface area contributed by atoms with Gasteiger partial charge in [-0.3, -0.25) is 4.79 Å². The molecule has 0 aliphatic heterocycles. The largest absolute Gasteiger partial charge is 0.481 e. The van der Waals surface area contributed by atoms with Gasteiger partial charge in [-0.05, 0) is 45.0 Å². The van der Waals surface area contributed by atoms with Crippen molar-refractivity contribution in [2.24, 2.45) is 5.73 Å². The summed E-state index contributed by atoms with van der Waals surface area (Å²) in [4.78, 5) is 11.1. The fourth-order valence-electron chi connectivity index (χ4n) is 1.68. The van der Waals surface area contributed by atoms with E-state index in [1.165, 1.54) is 0 Å². The minimum atomic E-state index is -0.668. The fourth-order valence-corrected chi connectivity index (χ4v) is 1.86. The molecule has 0 saturated carbocycles. The standard InChI is InChI=1S/C14H21ClN2O2/c1-4-7-17-9(2)12-8-11(15)5-6-13(12)19-10(3)14(16)18/h5-6,8-10,17H,4,7H2,1-3H3,(H2,16,18). The highest BCUT2D eigenvalue weighted by Gasteiger charge is 2.16. The van der Waals surface area contributed by atoms with Gasteiger partial charge >= 0.3 is 0 Å². The molecule has 5 heteroatoms. The van der Waals surface area contributed by atoms with Gasteiger partial charge in [0.05, 0.1) is 0 Å². The molecule has 0 saturated heterocycles. The molecule has 2 unspecified atom stereocenters. The third kappa shape index (κ3) is 4.73. The summed E-state index contributed by atoms with van der Waals surface area (Å²) in [5.74, 6) is 0.141. The van der Waals surface area contributed by atoms with Crippen LogP contribution in [-0.2, 0) is 4.79 Å². The second kappa shape index (κ2) is 7.36. The molecule has 1 amide bonds. The highest BCUT2D eigenvalue weighted by molar-refractivity contribution is 6.30. The molecule has 0 fully saturated rings. The molecular formula is C14H21ClN2O2. The lowest BCUT2D eigenvalue weighted by Gasteiger charge is -2.20. The molecule has 0 spiro atoms. The number of rotatable bonds is 7. The maximum Gasteiger partial charge on any atom is 0.258 e. The number of primary amides is 1. The third-order valence-electron chi connectivity index (χ3n) is 2.84. The van der Waals surface area contributed by atoms with Crippen LogP contribution in [0.5, 0.6) is 5.75 Å². The van der Waals surface area contributed by atoms with Crippen LogP contribution in [0.25, 0.3) is 0 Å². The van der Waals surface area contributed by atoms with Crippen LogP contribution in [0.4, 0.5) is 0 Å². The molecule has 106 valence electrons. The Labute approximate surface area is 119 Å². The maximum atomic E-state index is 11.1. The molecule has 0 radical (unpaired) electrons. The average Bonchev–Trinajstić information content (AvgIpc) is 2.37. The summed E-state index contributed by atoms with van der Waals surface area (Å²) in [5.41, 5.74) is 6.14. The van der Waals surface area contributed by atoms with E-state index in [1.807, 2.05) is 13.0 Å². The molecule has 0 aliphatic rings. The van der Waals surface area contributed by atoms with Crippen LogP contribution in [0.15, 0.2) is 18.2 Å². The Balaban J connectivity index is 2.93. The molecule has 4 nitrogen and oxygen atoms in total. The van der Waals surface area contributed by atoms with Crippen molar-refractivity contribution in [3.8, 4) is 5.75 Å². The molecule has 19 heavy (non-hydrogen) atoms. The van der Waals surface area contributed by atoms with Gasteiger partial charge < -0.3 is 15.8 Å². The van der Waals surface area contributed by atoms with Gasteiger partial charge in [-0.2, -0.15) is 0 Å². The minimum absolute atomic E-state index is 0.0914. The van der Waals surface area contributed by atoms with E-state index in [1.54, 1.807) is 19.1 Å². The minimum Gasteiger partial charge on any atom is -0.481 e. The van der Waals surface area contributed by atoms with Crippen LogP contribution in [0.3, 0.4) is 0 Å². The van der Waals surface area contributed by atoms with Crippen molar-refractivity contribution in [3.63, 3.8) is 0 Å². The van der Waals surface area contributed by atoms with E-state index in [9.17, 15) is 4.79 Å². The number of ether oxygens (including phenoxy) is 1. The normalized spacial score (nSPS) is 13.9. The smallest absolute Gasteiger partial charge is 0.258 e. The van der Waals surface area contributed by atoms with E-state index in [4.69, 9.17) is 22.1 Å². The van der Waals surface area contributed by atoms with Crippen molar-refractivity contribution in [1.29, 1.82) is 0 Å². The number of amides is 1. The molecule has 0 heterocycles. The zero-order valence-electron chi connectivity index (χ0n) is 11.6. The van der Waals surface area contributed by atoms with Crippen molar-refractivity contribution < 1.29 is 9.53 Å². The summed E-state index contributed by atoms with van der Waals surface area (Å²) >= 11 is 6.02. The first kappa shape index (κ1) is 15.8. The second-order valence-corrected chi connectivity index (χ2v) is 4.96. The van der Waals surface area contributed by atoms with Gasteiger partial charge in [0, 0.05) is 16.6 Å². The predicted octanol–water partition coefficient (Wildman–Crippen LogP) is 2.65. The van der Waals surface area contributed by atoms with Gasteiger partial charge in [-0.15, -0.1) is 0 Å². The van der Waals surface area contributed by atoms with Crippen molar-refractivity contribution in [2.75, 3.05) is 6.54 Å². The number of nitrogens with one attached hydrogen (secondary N) is 1. The van der Waals surface area contributed by atoms with Gasteiger partial charge in [-0.1, -0.05) is 18.5 Å². The Kier molecular flexibility index (Phi) is 6.12. The Morgan fingerprint density at radius 3 is 2.74 bits per heavy atom. The van der Waals surface area contributed by atoms with Gasteiger partial charge in [-0.25, -0.2) is 0 Å². The molecule has 2 atom stereocenters. The van der Waals surface area contributed by atoms with Gasteiger partial charge in [0.1, 0.15) is 5.75 Å². The van der Waals surface area contributed by atoms with Crippen LogP contribution in [-0.4, -0.2) is 18.6 Å². The molecule has 1 aromatic carbocycles. The quantitative estimate of drug-likeness (QED) is 0.809. The molecular weight excluding hydrogens is 264 g/mol. The summed E-state index contributed by atoms with van der Waals surface area (Å²) in [6.07, 6.45) is 0.372. The Hall–Kier alpha value is -1.26. The molecule has 0 bridgehead atoms. The number of carbonyl (C=O) groups is 1. The Morgan fingerprint density at radius 2 is 2.16 bits per heavy atom. The lowest BCUT2D eigenvalue weighted by atomic mass is 10.1. The van der Waals surface area contributed by atoms with Crippen LogP contribution in [0, 0.1) is 0 Å². The highest BCUT2D eigenvalue weighted by atomic mass is 35.5. The Bertz CT molecular complexity index is 437. The zero-order valence-corrected chi connectivity index (χ0v) is 12.3.